The standard InChI is InChI=1S/C14H16F3N3O2S/c1-13(2,3)11(8-5-4-6-23-8)19-12(21)18-10-7-9(20-22-10)14(15,16)17/h4-7,11H,1-3H3,(H2,18,19,21). The summed E-state index contributed by atoms with van der Waals surface area (Å²) in [5.74, 6) is -0.367. The van der Waals surface area contributed by atoms with Gasteiger partial charge in [-0.2, -0.15) is 13.2 Å². The zero-order valence-electron chi connectivity index (χ0n) is 12.7. The molecule has 1 unspecified atom stereocenters. The molecular weight excluding hydrogens is 331 g/mol. The van der Waals surface area contributed by atoms with E-state index in [0.717, 1.165) is 4.88 Å². The number of aromatic nitrogens is 1. The monoisotopic (exact) mass is 347 g/mol. The van der Waals surface area contributed by atoms with Crippen molar-refractivity contribution in [2.24, 2.45) is 5.41 Å². The van der Waals surface area contributed by atoms with Gasteiger partial charge in [0.15, 0.2) is 5.69 Å². The minimum Gasteiger partial charge on any atom is -0.338 e. The molecule has 0 spiro atoms. The average molecular weight is 347 g/mol. The number of urea groups is 1. The highest BCUT2D eigenvalue weighted by Gasteiger charge is 2.35. The average Bonchev–Trinajstić information content (AvgIpc) is 3.04. The van der Waals surface area contributed by atoms with E-state index in [9.17, 15) is 18.0 Å². The molecular formula is C14H16F3N3O2S. The van der Waals surface area contributed by atoms with E-state index in [1.165, 1.54) is 11.3 Å². The maximum Gasteiger partial charge on any atom is 0.436 e. The summed E-state index contributed by atoms with van der Waals surface area (Å²) in [5, 5.41) is 9.74. The van der Waals surface area contributed by atoms with E-state index in [2.05, 4.69) is 20.3 Å². The highest BCUT2D eigenvalue weighted by Crippen LogP contribution is 2.35. The van der Waals surface area contributed by atoms with E-state index < -0.39 is 17.9 Å². The number of nitrogens with one attached hydrogen (secondary N) is 2. The van der Waals surface area contributed by atoms with E-state index >= 15 is 0 Å². The molecule has 0 aliphatic carbocycles. The van der Waals surface area contributed by atoms with Crippen molar-refractivity contribution in [3.8, 4) is 0 Å². The Morgan fingerprint density at radius 3 is 2.52 bits per heavy atom. The van der Waals surface area contributed by atoms with Crippen LogP contribution in [0.2, 0.25) is 0 Å². The van der Waals surface area contributed by atoms with Gasteiger partial charge in [0, 0.05) is 10.9 Å². The van der Waals surface area contributed by atoms with Gasteiger partial charge in [-0.1, -0.05) is 32.0 Å². The maximum absolute atomic E-state index is 12.4. The van der Waals surface area contributed by atoms with Gasteiger partial charge in [-0.15, -0.1) is 11.3 Å². The van der Waals surface area contributed by atoms with Crippen molar-refractivity contribution in [3.05, 3.63) is 34.2 Å². The summed E-state index contributed by atoms with van der Waals surface area (Å²) in [5.41, 5.74) is -1.47. The Kier molecular flexibility index (Phi) is 4.69. The summed E-state index contributed by atoms with van der Waals surface area (Å²) in [6.45, 7) is 5.86. The van der Waals surface area contributed by atoms with Crippen LogP contribution in [0.1, 0.15) is 37.4 Å². The topological polar surface area (TPSA) is 67.2 Å². The third-order valence-corrected chi connectivity index (χ3v) is 3.94. The second-order valence-corrected chi connectivity index (χ2v) is 6.97. The Balaban J connectivity index is 2.07. The van der Waals surface area contributed by atoms with Gasteiger partial charge in [-0.05, 0) is 16.9 Å². The highest BCUT2D eigenvalue weighted by atomic mass is 32.1. The SMILES string of the molecule is CC(C)(C)C(NC(=O)Nc1cc(C(F)(F)F)no1)c1cccs1. The number of amides is 2. The highest BCUT2D eigenvalue weighted by molar-refractivity contribution is 7.10. The molecule has 0 saturated heterocycles. The number of alkyl halides is 3. The van der Waals surface area contributed by atoms with Crippen molar-refractivity contribution >= 4 is 23.3 Å². The number of carbonyl (C=O) groups is 1. The molecule has 2 aromatic heterocycles. The molecule has 0 fully saturated rings. The first kappa shape index (κ1) is 17.3. The normalized spacial score (nSPS) is 13.7. The number of anilines is 1. The lowest BCUT2D eigenvalue weighted by Crippen LogP contribution is -2.38. The van der Waals surface area contributed by atoms with Crippen LogP contribution in [0.25, 0.3) is 0 Å². The number of hydrogen-bond donors (Lipinski definition) is 2. The summed E-state index contributed by atoms with van der Waals surface area (Å²) in [6.07, 6.45) is -4.62. The van der Waals surface area contributed by atoms with Crippen molar-refractivity contribution < 1.29 is 22.5 Å². The first-order valence-corrected chi connectivity index (χ1v) is 7.60. The molecule has 0 aliphatic heterocycles. The minimum absolute atomic E-state index is 0.277. The smallest absolute Gasteiger partial charge is 0.338 e. The van der Waals surface area contributed by atoms with E-state index in [-0.39, 0.29) is 17.3 Å². The summed E-state index contributed by atoms with van der Waals surface area (Å²) in [6, 6.07) is 3.42. The fourth-order valence-electron chi connectivity index (χ4n) is 1.92. The van der Waals surface area contributed by atoms with Gasteiger partial charge in [0.05, 0.1) is 6.04 Å². The van der Waals surface area contributed by atoms with Crippen LogP contribution < -0.4 is 10.6 Å². The van der Waals surface area contributed by atoms with Gasteiger partial charge >= 0.3 is 12.2 Å². The largest absolute Gasteiger partial charge is 0.436 e. The molecule has 0 aliphatic rings. The first-order valence-electron chi connectivity index (χ1n) is 6.72. The number of thiophene rings is 1. The molecule has 2 heterocycles. The molecule has 0 aromatic carbocycles. The molecule has 2 rings (SSSR count). The number of halogens is 3. The van der Waals surface area contributed by atoms with Crippen LogP contribution in [-0.2, 0) is 6.18 Å². The lowest BCUT2D eigenvalue weighted by atomic mass is 9.86. The second-order valence-electron chi connectivity index (χ2n) is 5.99. The van der Waals surface area contributed by atoms with Crippen LogP contribution in [0.4, 0.5) is 23.8 Å². The molecule has 126 valence electrons. The number of hydrogen-bond acceptors (Lipinski definition) is 4. The van der Waals surface area contributed by atoms with Gasteiger partial charge in [0.2, 0.25) is 5.88 Å². The van der Waals surface area contributed by atoms with Crippen molar-refractivity contribution in [1.29, 1.82) is 0 Å². The summed E-state index contributed by atoms with van der Waals surface area (Å²) in [7, 11) is 0. The van der Waals surface area contributed by atoms with Crippen LogP contribution >= 0.6 is 11.3 Å². The Morgan fingerprint density at radius 2 is 2.04 bits per heavy atom. The zero-order chi connectivity index (χ0) is 17.3. The van der Waals surface area contributed by atoms with Crippen molar-refractivity contribution in [1.82, 2.24) is 10.5 Å². The maximum atomic E-state index is 12.4. The van der Waals surface area contributed by atoms with Gasteiger partial charge in [0.25, 0.3) is 0 Å². The van der Waals surface area contributed by atoms with Gasteiger partial charge in [0.1, 0.15) is 0 Å². The fraction of sp³-hybridized carbons (Fsp3) is 0.429. The Bertz CT molecular complexity index is 660. The van der Waals surface area contributed by atoms with Crippen molar-refractivity contribution in [3.63, 3.8) is 0 Å². The predicted octanol–water partition coefficient (Wildman–Crippen LogP) is 4.66. The van der Waals surface area contributed by atoms with Crippen LogP contribution in [0, 0.1) is 5.41 Å². The molecule has 2 aromatic rings. The third-order valence-electron chi connectivity index (χ3n) is 3.01. The molecule has 0 radical (unpaired) electrons. The van der Waals surface area contributed by atoms with E-state index in [0.29, 0.717) is 6.07 Å². The van der Waals surface area contributed by atoms with Gasteiger partial charge in [-0.3, -0.25) is 5.32 Å². The van der Waals surface area contributed by atoms with Crippen molar-refractivity contribution in [2.45, 2.75) is 33.0 Å². The lowest BCUT2D eigenvalue weighted by Gasteiger charge is -2.30. The van der Waals surface area contributed by atoms with Crippen molar-refractivity contribution in [2.75, 3.05) is 5.32 Å². The molecule has 2 amide bonds. The molecule has 5 nitrogen and oxygen atoms in total. The molecule has 2 N–H and O–H groups in total. The molecule has 9 heteroatoms. The Morgan fingerprint density at radius 1 is 1.35 bits per heavy atom. The summed E-state index contributed by atoms with van der Waals surface area (Å²) >= 11 is 1.49. The lowest BCUT2D eigenvalue weighted by molar-refractivity contribution is -0.142. The first-order chi connectivity index (χ1) is 10.6. The number of rotatable bonds is 3. The fourth-order valence-corrected chi connectivity index (χ4v) is 2.94. The van der Waals surface area contributed by atoms with E-state index in [1.54, 1.807) is 0 Å². The molecule has 1 atom stereocenters. The number of carbonyl (C=O) groups excluding carboxylic acids is 1. The van der Waals surface area contributed by atoms with Crippen LogP contribution in [-0.4, -0.2) is 11.2 Å². The molecule has 0 bridgehead atoms. The van der Waals surface area contributed by atoms with E-state index in [1.807, 2.05) is 38.3 Å². The van der Waals surface area contributed by atoms with Crippen LogP contribution in [0.5, 0.6) is 0 Å². The van der Waals surface area contributed by atoms with Crippen LogP contribution in [0.15, 0.2) is 28.1 Å². The second kappa shape index (κ2) is 6.23. The molecule has 0 saturated carbocycles. The quantitative estimate of drug-likeness (QED) is 0.848. The van der Waals surface area contributed by atoms with Gasteiger partial charge in [-0.25, -0.2) is 4.79 Å². The minimum atomic E-state index is -4.62. The summed E-state index contributed by atoms with van der Waals surface area (Å²) < 4.78 is 41.8. The molecule has 23 heavy (non-hydrogen) atoms. The Hall–Kier alpha value is -2.03. The van der Waals surface area contributed by atoms with E-state index in [4.69, 9.17) is 0 Å². The Labute approximate surface area is 134 Å². The zero-order valence-corrected chi connectivity index (χ0v) is 13.5. The predicted molar refractivity (Wildman–Crippen MR) is 80.2 cm³/mol. The van der Waals surface area contributed by atoms with Gasteiger partial charge < -0.3 is 9.84 Å². The summed E-state index contributed by atoms with van der Waals surface area (Å²) in [4.78, 5) is 13.0. The van der Waals surface area contributed by atoms with Crippen LogP contribution in [0.3, 0.4) is 0 Å². The number of nitrogens with zero attached hydrogens (tertiary/aromatic N) is 1. The third kappa shape index (κ3) is 4.47.